The molecule has 0 aliphatic carbocycles. The minimum absolute atomic E-state index is 0.305. The Bertz CT molecular complexity index is 457. The summed E-state index contributed by atoms with van der Waals surface area (Å²) in [5, 5.41) is 8.51. The van der Waals surface area contributed by atoms with Crippen molar-refractivity contribution in [1.29, 1.82) is 0 Å². The van der Waals surface area contributed by atoms with Crippen molar-refractivity contribution in [3.05, 3.63) is 0 Å². The Morgan fingerprint density at radius 2 is 1.23 bits per heavy atom. The first-order valence-electron chi connectivity index (χ1n) is 8.45. The van der Waals surface area contributed by atoms with E-state index in [2.05, 4.69) is 42.4 Å². The lowest BCUT2D eigenvalue weighted by Crippen LogP contribution is -1.93. The molecule has 0 unspecified atom stereocenters. The van der Waals surface area contributed by atoms with Crippen LogP contribution < -0.4 is 0 Å². The Labute approximate surface area is 136 Å². The largest absolute Gasteiger partial charge is 0.481 e. The number of aliphatic carboxylic acids is 1. The first-order chi connectivity index (χ1) is 10.8. The number of carboxylic acids is 1. The van der Waals surface area contributed by atoms with Crippen molar-refractivity contribution in [1.82, 2.24) is 0 Å². The third-order valence-electron chi connectivity index (χ3n) is 3.21. The predicted octanol–water partition coefficient (Wildman–Crippen LogP) is 4.78. The summed E-state index contributed by atoms with van der Waals surface area (Å²) >= 11 is 0. The van der Waals surface area contributed by atoms with E-state index in [0.29, 0.717) is 6.42 Å². The molecule has 0 aromatic carbocycles. The zero-order chi connectivity index (χ0) is 16.3. The van der Waals surface area contributed by atoms with E-state index in [4.69, 9.17) is 5.11 Å². The molecule has 0 aromatic heterocycles. The van der Waals surface area contributed by atoms with Gasteiger partial charge in [-0.15, -0.1) is 0 Å². The van der Waals surface area contributed by atoms with Gasteiger partial charge in [0.25, 0.3) is 0 Å². The first kappa shape index (κ1) is 20.1. The monoisotopic (exact) mass is 300 g/mol. The van der Waals surface area contributed by atoms with Crippen molar-refractivity contribution in [2.75, 3.05) is 0 Å². The summed E-state index contributed by atoms with van der Waals surface area (Å²) in [6.45, 7) is 2.15. The van der Waals surface area contributed by atoms with Gasteiger partial charge in [-0.3, -0.25) is 4.79 Å². The molecule has 0 saturated carbocycles. The van der Waals surface area contributed by atoms with E-state index in [1.807, 2.05) is 0 Å². The standard InChI is InChI=1S/C20H28O2/c1-2-3-4-5-6-7-8-9-10-11-12-13-14-15-16-17-18-19-20(21)22/h2-4,11-19H2,1H3,(H,21,22). The molecule has 0 aliphatic heterocycles. The van der Waals surface area contributed by atoms with Gasteiger partial charge < -0.3 is 5.11 Å². The Morgan fingerprint density at radius 1 is 0.727 bits per heavy atom. The zero-order valence-electron chi connectivity index (χ0n) is 13.8. The van der Waals surface area contributed by atoms with Crippen LogP contribution in [-0.4, -0.2) is 11.1 Å². The van der Waals surface area contributed by atoms with Crippen LogP contribution in [0.3, 0.4) is 0 Å². The Morgan fingerprint density at radius 3 is 1.77 bits per heavy atom. The van der Waals surface area contributed by atoms with Gasteiger partial charge in [0.1, 0.15) is 0 Å². The van der Waals surface area contributed by atoms with Gasteiger partial charge in [-0.1, -0.05) is 57.3 Å². The topological polar surface area (TPSA) is 37.3 Å². The molecule has 0 rings (SSSR count). The van der Waals surface area contributed by atoms with E-state index in [-0.39, 0.29) is 0 Å². The van der Waals surface area contributed by atoms with Crippen molar-refractivity contribution in [2.45, 2.75) is 84.0 Å². The van der Waals surface area contributed by atoms with Gasteiger partial charge >= 0.3 is 5.97 Å². The Hall–Kier alpha value is -1.85. The van der Waals surface area contributed by atoms with Crippen molar-refractivity contribution in [3.8, 4) is 35.5 Å². The molecule has 0 amide bonds. The van der Waals surface area contributed by atoms with Gasteiger partial charge in [0.15, 0.2) is 0 Å². The molecule has 0 saturated heterocycles. The molecule has 0 radical (unpaired) electrons. The third kappa shape index (κ3) is 18.1. The van der Waals surface area contributed by atoms with E-state index in [1.54, 1.807) is 0 Å². The average Bonchev–Trinajstić information content (AvgIpc) is 2.50. The van der Waals surface area contributed by atoms with Crippen LogP contribution in [0.1, 0.15) is 84.0 Å². The highest BCUT2D eigenvalue weighted by molar-refractivity contribution is 5.66. The van der Waals surface area contributed by atoms with Gasteiger partial charge in [0, 0.05) is 19.3 Å². The summed E-state index contributed by atoms with van der Waals surface area (Å²) in [6, 6.07) is 0. The van der Waals surface area contributed by atoms with E-state index in [9.17, 15) is 4.79 Å². The van der Waals surface area contributed by atoms with E-state index in [0.717, 1.165) is 44.9 Å². The van der Waals surface area contributed by atoms with Crippen LogP contribution in [0.15, 0.2) is 0 Å². The SMILES string of the molecule is CCCCC#CC#CC#CCCCCCCCCCC(=O)O. The second-order valence-electron chi connectivity index (χ2n) is 5.33. The van der Waals surface area contributed by atoms with Gasteiger partial charge in [-0.2, -0.15) is 0 Å². The van der Waals surface area contributed by atoms with Crippen LogP contribution in [0.2, 0.25) is 0 Å². The maximum absolute atomic E-state index is 10.3. The van der Waals surface area contributed by atoms with Gasteiger partial charge in [0.2, 0.25) is 0 Å². The lowest BCUT2D eigenvalue weighted by atomic mass is 10.1. The molecule has 0 aromatic rings. The van der Waals surface area contributed by atoms with Gasteiger partial charge in [-0.05, 0) is 42.9 Å². The minimum atomic E-state index is -0.686. The Kier molecular flexibility index (Phi) is 15.8. The molecule has 0 bridgehead atoms. The molecule has 0 fully saturated rings. The van der Waals surface area contributed by atoms with Gasteiger partial charge in [-0.25, -0.2) is 0 Å². The molecule has 2 heteroatoms. The van der Waals surface area contributed by atoms with Crippen molar-refractivity contribution in [3.63, 3.8) is 0 Å². The molecule has 0 atom stereocenters. The Balaban J connectivity index is 3.36. The fraction of sp³-hybridized carbons (Fsp3) is 0.650. The number of carbonyl (C=O) groups is 1. The second-order valence-corrected chi connectivity index (χ2v) is 5.33. The molecule has 2 nitrogen and oxygen atoms in total. The average molecular weight is 300 g/mol. The van der Waals surface area contributed by atoms with Crippen LogP contribution >= 0.6 is 0 Å². The fourth-order valence-corrected chi connectivity index (χ4v) is 1.91. The first-order valence-corrected chi connectivity index (χ1v) is 8.45. The lowest BCUT2D eigenvalue weighted by molar-refractivity contribution is -0.137. The molecule has 120 valence electrons. The summed E-state index contributed by atoms with van der Waals surface area (Å²) in [5.41, 5.74) is 0. The second kappa shape index (κ2) is 17.2. The van der Waals surface area contributed by atoms with Crippen LogP contribution in [-0.2, 0) is 4.79 Å². The highest BCUT2D eigenvalue weighted by Crippen LogP contribution is 2.09. The zero-order valence-corrected chi connectivity index (χ0v) is 13.8. The molecule has 1 N–H and O–H groups in total. The van der Waals surface area contributed by atoms with Crippen LogP contribution in [0.4, 0.5) is 0 Å². The number of rotatable bonds is 11. The summed E-state index contributed by atoms with van der Waals surface area (Å²) in [7, 11) is 0. The number of carboxylic acid groups (broad SMARTS) is 1. The summed E-state index contributed by atoms with van der Waals surface area (Å²) in [5.74, 6) is 16.5. The highest BCUT2D eigenvalue weighted by atomic mass is 16.4. The molecular weight excluding hydrogens is 272 g/mol. The lowest BCUT2D eigenvalue weighted by Gasteiger charge is -1.99. The van der Waals surface area contributed by atoms with E-state index < -0.39 is 5.97 Å². The van der Waals surface area contributed by atoms with Crippen molar-refractivity contribution >= 4 is 5.97 Å². The minimum Gasteiger partial charge on any atom is -0.481 e. The maximum atomic E-state index is 10.3. The third-order valence-corrected chi connectivity index (χ3v) is 3.21. The molecular formula is C20H28O2. The summed E-state index contributed by atoms with van der Waals surface area (Å²) < 4.78 is 0. The van der Waals surface area contributed by atoms with E-state index >= 15 is 0 Å². The normalized spacial score (nSPS) is 8.77. The molecule has 22 heavy (non-hydrogen) atoms. The molecule has 0 heterocycles. The predicted molar refractivity (Wildman–Crippen MR) is 92.0 cm³/mol. The number of unbranched alkanes of at least 4 members (excludes halogenated alkanes) is 9. The van der Waals surface area contributed by atoms with Crippen LogP contribution in [0, 0.1) is 35.5 Å². The number of hydrogen-bond acceptors (Lipinski definition) is 1. The van der Waals surface area contributed by atoms with Crippen LogP contribution in [0.5, 0.6) is 0 Å². The van der Waals surface area contributed by atoms with E-state index in [1.165, 1.54) is 25.7 Å². The smallest absolute Gasteiger partial charge is 0.303 e. The molecule has 0 spiro atoms. The summed E-state index contributed by atoms with van der Waals surface area (Å²) in [6.07, 6.45) is 12.1. The number of hydrogen-bond donors (Lipinski definition) is 1. The maximum Gasteiger partial charge on any atom is 0.303 e. The fourth-order valence-electron chi connectivity index (χ4n) is 1.91. The van der Waals surface area contributed by atoms with Crippen molar-refractivity contribution < 1.29 is 9.90 Å². The quantitative estimate of drug-likeness (QED) is 0.440. The van der Waals surface area contributed by atoms with Crippen molar-refractivity contribution in [2.24, 2.45) is 0 Å². The highest BCUT2D eigenvalue weighted by Gasteiger charge is 1.96. The van der Waals surface area contributed by atoms with Gasteiger partial charge in [0.05, 0.1) is 0 Å². The summed E-state index contributed by atoms with van der Waals surface area (Å²) in [4.78, 5) is 10.3. The van der Waals surface area contributed by atoms with Crippen LogP contribution in [0.25, 0.3) is 0 Å². The molecule has 0 aliphatic rings.